The lowest BCUT2D eigenvalue weighted by atomic mass is 10.2. The van der Waals surface area contributed by atoms with Crippen LogP contribution in [0.15, 0.2) is 48.5 Å². The van der Waals surface area contributed by atoms with Crippen molar-refractivity contribution in [3.8, 4) is 11.5 Å². The molecule has 0 saturated heterocycles. The summed E-state index contributed by atoms with van der Waals surface area (Å²) in [5, 5.41) is 21.4. The molecule has 1 amide bonds. The van der Waals surface area contributed by atoms with Gasteiger partial charge in [-0.05, 0) is 41.5 Å². The van der Waals surface area contributed by atoms with Crippen molar-refractivity contribution in [3.05, 3.63) is 64.9 Å². The van der Waals surface area contributed by atoms with Crippen LogP contribution in [-0.4, -0.2) is 17.9 Å². The maximum Gasteiger partial charge on any atom is 0.244 e. The average molecular weight is 328 g/mol. The average Bonchev–Trinajstić information content (AvgIpc) is 3.06. The number of amides is 1. The van der Waals surface area contributed by atoms with Crippen LogP contribution in [0.5, 0.6) is 11.5 Å². The van der Waals surface area contributed by atoms with Crippen molar-refractivity contribution in [2.45, 2.75) is 6.54 Å². The fourth-order valence-corrected chi connectivity index (χ4v) is 2.21. The van der Waals surface area contributed by atoms with E-state index in [0.717, 1.165) is 11.1 Å². The number of carbonyl (C=O) groups is 1. The first-order valence-electron chi connectivity index (χ1n) is 7.29. The van der Waals surface area contributed by atoms with E-state index in [1.807, 2.05) is 18.2 Å². The Bertz CT molecular complexity index is 756. The van der Waals surface area contributed by atoms with Crippen LogP contribution in [0.4, 0.5) is 5.69 Å². The largest absolute Gasteiger partial charge is 0.595 e. The maximum absolute atomic E-state index is 11.9. The molecule has 0 saturated carbocycles. The normalized spacial score (nSPS) is 13.9. The van der Waals surface area contributed by atoms with Crippen molar-refractivity contribution in [1.82, 2.24) is 5.32 Å². The van der Waals surface area contributed by atoms with Crippen molar-refractivity contribution in [2.24, 2.45) is 0 Å². The van der Waals surface area contributed by atoms with Crippen LogP contribution in [0.1, 0.15) is 11.1 Å². The van der Waals surface area contributed by atoms with Crippen LogP contribution in [0.25, 0.3) is 6.08 Å². The number of rotatable bonds is 5. The third-order valence-electron chi connectivity index (χ3n) is 3.49. The SMILES string of the molecule is O=C(C=Cc1ccc([NH+]([O-])O)cc1)NCc1ccc2c(c1)OCO2. The van der Waals surface area contributed by atoms with E-state index >= 15 is 0 Å². The molecule has 3 N–H and O–H groups in total. The number of carbonyl (C=O) groups excluding carboxylic acids is 1. The summed E-state index contributed by atoms with van der Waals surface area (Å²) < 4.78 is 10.5. The van der Waals surface area contributed by atoms with Gasteiger partial charge >= 0.3 is 0 Å². The van der Waals surface area contributed by atoms with Crippen molar-refractivity contribution < 1.29 is 24.7 Å². The Labute approximate surface area is 138 Å². The minimum Gasteiger partial charge on any atom is -0.595 e. The molecule has 0 spiro atoms. The van der Waals surface area contributed by atoms with Crippen molar-refractivity contribution in [3.63, 3.8) is 0 Å². The van der Waals surface area contributed by atoms with E-state index in [-0.39, 0.29) is 18.4 Å². The highest BCUT2D eigenvalue weighted by molar-refractivity contribution is 5.91. The molecule has 1 atom stereocenters. The molecule has 3 rings (SSSR count). The molecule has 1 aliphatic rings. The first-order valence-corrected chi connectivity index (χ1v) is 7.29. The van der Waals surface area contributed by atoms with Gasteiger partial charge in [-0.1, -0.05) is 6.07 Å². The quantitative estimate of drug-likeness (QED) is 0.565. The predicted molar refractivity (Wildman–Crippen MR) is 85.7 cm³/mol. The second-order valence-electron chi connectivity index (χ2n) is 5.17. The summed E-state index contributed by atoms with van der Waals surface area (Å²) in [6.45, 7) is 0.590. The Balaban J connectivity index is 1.53. The van der Waals surface area contributed by atoms with Crippen LogP contribution < -0.4 is 20.0 Å². The smallest absolute Gasteiger partial charge is 0.244 e. The second kappa shape index (κ2) is 7.14. The van der Waals surface area contributed by atoms with Gasteiger partial charge in [0.2, 0.25) is 12.7 Å². The molecule has 1 aliphatic heterocycles. The fraction of sp³-hybridized carbons (Fsp3) is 0.118. The molecule has 124 valence electrons. The summed E-state index contributed by atoms with van der Waals surface area (Å²) in [4.78, 5) is 11.9. The second-order valence-corrected chi connectivity index (χ2v) is 5.17. The zero-order valence-electron chi connectivity index (χ0n) is 12.7. The Hall–Kier alpha value is -2.87. The van der Waals surface area contributed by atoms with Crippen LogP contribution in [0, 0.1) is 5.21 Å². The van der Waals surface area contributed by atoms with Gasteiger partial charge in [0.05, 0.1) is 0 Å². The van der Waals surface area contributed by atoms with Gasteiger partial charge in [0.15, 0.2) is 17.2 Å². The molecule has 1 heterocycles. The molecule has 1 unspecified atom stereocenters. The third kappa shape index (κ3) is 3.90. The highest BCUT2D eigenvalue weighted by Crippen LogP contribution is 2.32. The van der Waals surface area contributed by atoms with Crippen molar-refractivity contribution in [1.29, 1.82) is 0 Å². The molecule has 0 fully saturated rings. The first-order chi connectivity index (χ1) is 11.6. The summed E-state index contributed by atoms with van der Waals surface area (Å²) in [6.07, 6.45) is 3.03. The van der Waals surface area contributed by atoms with Gasteiger partial charge in [-0.2, -0.15) is 5.23 Å². The van der Waals surface area contributed by atoms with Gasteiger partial charge in [0, 0.05) is 24.8 Å². The fourth-order valence-electron chi connectivity index (χ4n) is 2.21. The lowest BCUT2D eigenvalue weighted by molar-refractivity contribution is -0.991. The Morgan fingerprint density at radius 2 is 1.96 bits per heavy atom. The van der Waals surface area contributed by atoms with E-state index in [9.17, 15) is 10.0 Å². The van der Waals surface area contributed by atoms with Crippen LogP contribution in [0.3, 0.4) is 0 Å². The van der Waals surface area contributed by atoms with Crippen molar-refractivity contribution >= 4 is 17.7 Å². The van der Waals surface area contributed by atoms with Gasteiger partial charge < -0.3 is 20.0 Å². The zero-order chi connectivity index (χ0) is 16.9. The number of benzene rings is 2. The number of ether oxygens (including phenoxy) is 2. The van der Waals surface area contributed by atoms with Crippen LogP contribution >= 0.6 is 0 Å². The molecule has 7 heteroatoms. The van der Waals surface area contributed by atoms with Gasteiger partial charge in [-0.3, -0.25) is 4.79 Å². The Morgan fingerprint density at radius 3 is 2.71 bits per heavy atom. The third-order valence-corrected chi connectivity index (χ3v) is 3.49. The Kier molecular flexibility index (Phi) is 4.76. The number of hydrogen-bond donors (Lipinski definition) is 3. The molecule has 0 aromatic heterocycles. The number of quaternary nitrogens is 1. The molecule has 0 aliphatic carbocycles. The van der Waals surface area contributed by atoms with Gasteiger partial charge in [0.25, 0.3) is 0 Å². The van der Waals surface area contributed by atoms with E-state index in [2.05, 4.69) is 5.32 Å². The zero-order valence-corrected chi connectivity index (χ0v) is 12.7. The summed E-state index contributed by atoms with van der Waals surface area (Å²) in [5.41, 5.74) is 1.87. The molecule has 2 aromatic carbocycles. The molecule has 0 radical (unpaired) electrons. The number of hydrogen-bond acceptors (Lipinski definition) is 5. The minimum absolute atomic E-state index is 0.208. The van der Waals surface area contributed by atoms with Crippen LogP contribution in [0.2, 0.25) is 0 Å². The molecular formula is C17H16N2O5. The Morgan fingerprint density at radius 1 is 1.21 bits per heavy atom. The van der Waals surface area contributed by atoms with E-state index in [0.29, 0.717) is 18.0 Å². The summed E-state index contributed by atoms with van der Waals surface area (Å²) in [6, 6.07) is 11.8. The highest BCUT2D eigenvalue weighted by atomic mass is 16.8. The lowest BCUT2D eigenvalue weighted by Crippen LogP contribution is -2.99. The number of fused-ring (bicyclic) bond motifs is 1. The van der Waals surface area contributed by atoms with Crippen LogP contribution in [-0.2, 0) is 11.3 Å². The molecule has 7 nitrogen and oxygen atoms in total. The molecule has 2 aromatic rings. The van der Waals surface area contributed by atoms with Crippen molar-refractivity contribution in [2.75, 3.05) is 6.79 Å². The minimum atomic E-state index is -0.980. The van der Waals surface area contributed by atoms with E-state index in [1.54, 1.807) is 18.2 Å². The van der Waals surface area contributed by atoms with Gasteiger partial charge in [-0.15, -0.1) is 0 Å². The summed E-state index contributed by atoms with van der Waals surface area (Å²) in [5.74, 6) is 1.14. The number of nitrogens with one attached hydrogen (secondary N) is 2. The molecule has 24 heavy (non-hydrogen) atoms. The van der Waals surface area contributed by atoms with E-state index < -0.39 is 5.23 Å². The summed E-state index contributed by atoms with van der Waals surface area (Å²) in [7, 11) is 0. The van der Waals surface area contributed by atoms with Gasteiger partial charge in [0.1, 0.15) is 0 Å². The predicted octanol–water partition coefficient (Wildman–Crippen LogP) is 1.15. The highest BCUT2D eigenvalue weighted by Gasteiger charge is 2.13. The lowest BCUT2D eigenvalue weighted by Gasteiger charge is -2.10. The first kappa shape index (κ1) is 16.0. The summed E-state index contributed by atoms with van der Waals surface area (Å²) >= 11 is 0. The maximum atomic E-state index is 11.9. The topological polar surface area (TPSA) is 95.3 Å². The van der Waals surface area contributed by atoms with E-state index in [1.165, 1.54) is 18.2 Å². The standard InChI is InChI=1S/C17H16N2O5/c20-17(8-4-12-1-5-14(6-2-12)19(21)22)18-10-13-3-7-15-16(9-13)24-11-23-15/h1-9,19,21H,10-11H2,(H,18,20). The molecular weight excluding hydrogens is 312 g/mol. The monoisotopic (exact) mass is 328 g/mol. The molecule has 0 bridgehead atoms. The van der Waals surface area contributed by atoms with E-state index in [4.69, 9.17) is 14.7 Å². The van der Waals surface area contributed by atoms with Gasteiger partial charge in [-0.25, -0.2) is 5.21 Å².